The average Bonchev–Trinajstić information content (AvgIpc) is 2.99. The molecule has 2 rings (SSSR count). The first kappa shape index (κ1) is 14.8. The van der Waals surface area contributed by atoms with Crippen LogP contribution >= 0.6 is 0 Å². The van der Waals surface area contributed by atoms with Gasteiger partial charge in [0.15, 0.2) is 5.76 Å². The zero-order valence-corrected chi connectivity index (χ0v) is 11.9. The van der Waals surface area contributed by atoms with E-state index in [1.807, 2.05) is 17.7 Å². The number of amides is 1. The summed E-state index contributed by atoms with van der Waals surface area (Å²) in [4.78, 5) is 27.6. The van der Waals surface area contributed by atoms with Crippen molar-refractivity contribution in [1.29, 1.82) is 0 Å². The molecule has 0 saturated carbocycles. The fourth-order valence-corrected chi connectivity index (χ4v) is 1.85. The zero-order valence-electron chi connectivity index (χ0n) is 11.9. The third-order valence-electron chi connectivity index (χ3n) is 3.06. The second-order valence-corrected chi connectivity index (χ2v) is 4.52. The predicted octanol–water partition coefficient (Wildman–Crippen LogP) is 1.05. The molecule has 0 bridgehead atoms. The summed E-state index contributed by atoms with van der Waals surface area (Å²) in [5.74, 6) is -0.399. The van der Waals surface area contributed by atoms with Gasteiger partial charge in [-0.3, -0.25) is 9.59 Å². The summed E-state index contributed by atoms with van der Waals surface area (Å²) in [6.07, 6.45) is 7.06. The van der Waals surface area contributed by atoms with Crippen LogP contribution in [0.1, 0.15) is 23.9 Å². The van der Waals surface area contributed by atoms with Gasteiger partial charge >= 0.3 is 0 Å². The minimum atomic E-state index is -0.429. The molecule has 112 valence electrons. The largest absolute Gasteiger partial charge is 0.490 e. The maximum Gasteiger partial charge on any atom is 0.287 e. The topological polar surface area (TPSA) is 86.4 Å². The van der Waals surface area contributed by atoms with Crippen LogP contribution in [0.3, 0.4) is 0 Å². The Balaban J connectivity index is 2.05. The van der Waals surface area contributed by atoms with Crippen molar-refractivity contribution in [3.05, 3.63) is 47.0 Å². The molecule has 7 heteroatoms. The van der Waals surface area contributed by atoms with Crippen LogP contribution in [0.15, 0.2) is 40.3 Å². The molecule has 2 aromatic rings. The normalized spacial score (nSPS) is 11.9. The van der Waals surface area contributed by atoms with Gasteiger partial charge < -0.3 is 19.0 Å². The molecule has 0 spiro atoms. The number of nitrogens with one attached hydrogen (secondary N) is 1. The van der Waals surface area contributed by atoms with Crippen LogP contribution < -0.4 is 15.5 Å². The van der Waals surface area contributed by atoms with Gasteiger partial charge in [0.2, 0.25) is 11.2 Å². The molecule has 7 nitrogen and oxygen atoms in total. The van der Waals surface area contributed by atoms with Gasteiger partial charge in [0, 0.05) is 31.0 Å². The van der Waals surface area contributed by atoms with E-state index in [2.05, 4.69) is 10.3 Å². The van der Waals surface area contributed by atoms with Crippen LogP contribution in [-0.2, 0) is 6.54 Å². The molecule has 21 heavy (non-hydrogen) atoms. The number of hydrogen-bond donors (Lipinski definition) is 1. The van der Waals surface area contributed by atoms with E-state index in [1.165, 1.54) is 7.11 Å². The molecule has 1 amide bonds. The van der Waals surface area contributed by atoms with Crippen molar-refractivity contribution in [2.24, 2.45) is 0 Å². The third-order valence-corrected chi connectivity index (χ3v) is 3.06. The first-order chi connectivity index (χ1) is 10.1. The molecule has 0 radical (unpaired) electrons. The van der Waals surface area contributed by atoms with Crippen LogP contribution in [0.2, 0.25) is 0 Å². The Morgan fingerprint density at radius 1 is 1.57 bits per heavy atom. The van der Waals surface area contributed by atoms with E-state index >= 15 is 0 Å². The molecule has 0 aliphatic carbocycles. The lowest BCUT2D eigenvalue weighted by Crippen LogP contribution is -2.37. The summed E-state index contributed by atoms with van der Waals surface area (Å²) in [6, 6.07) is 1.04. The molecule has 0 saturated heterocycles. The molecule has 1 N–H and O–H groups in total. The lowest BCUT2D eigenvalue weighted by atomic mass is 10.2. The standard InChI is InChI=1S/C14H17N3O4/c1-3-10(7-17-5-4-15-9-17)16-14(19)12-6-11(18)13(20-2)8-21-12/h4-6,8-10H,3,7H2,1-2H3,(H,16,19). The van der Waals surface area contributed by atoms with Crippen LogP contribution in [0, 0.1) is 0 Å². The molecule has 2 aromatic heterocycles. The number of carbonyl (C=O) groups is 1. The lowest BCUT2D eigenvalue weighted by Gasteiger charge is -2.17. The molecule has 2 heterocycles. The second kappa shape index (κ2) is 6.74. The maximum atomic E-state index is 12.1. The average molecular weight is 291 g/mol. The van der Waals surface area contributed by atoms with Gasteiger partial charge in [0.05, 0.1) is 13.4 Å². The van der Waals surface area contributed by atoms with Gasteiger partial charge in [0.25, 0.3) is 5.91 Å². The Morgan fingerprint density at radius 3 is 2.95 bits per heavy atom. The highest BCUT2D eigenvalue weighted by Gasteiger charge is 2.16. The quantitative estimate of drug-likeness (QED) is 0.859. The number of ether oxygens (including phenoxy) is 1. The SMILES string of the molecule is CCC(Cn1ccnc1)NC(=O)c1cc(=O)c(OC)co1. The van der Waals surface area contributed by atoms with Crippen molar-refractivity contribution >= 4 is 5.91 Å². The molecular weight excluding hydrogens is 274 g/mol. The zero-order chi connectivity index (χ0) is 15.2. The van der Waals surface area contributed by atoms with Crippen molar-refractivity contribution < 1.29 is 13.9 Å². The Morgan fingerprint density at radius 2 is 2.38 bits per heavy atom. The molecule has 1 atom stereocenters. The number of methoxy groups -OCH3 is 1. The van der Waals surface area contributed by atoms with Crippen molar-refractivity contribution in [2.45, 2.75) is 25.9 Å². The van der Waals surface area contributed by atoms with E-state index in [0.29, 0.717) is 6.54 Å². The molecule has 0 aromatic carbocycles. The van der Waals surface area contributed by atoms with Crippen molar-refractivity contribution in [3.63, 3.8) is 0 Å². The lowest BCUT2D eigenvalue weighted by molar-refractivity contribution is 0.0900. The highest BCUT2D eigenvalue weighted by Crippen LogP contribution is 2.06. The van der Waals surface area contributed by atoms with E-state index in [9.17, 15) is 9.59 Å². The van der Waals surface area contributed by atoms with Crippen LogP contribution in [-0.4, -0.2) is 28.6 Å². The molecular formula is C14H17N3O4. The fourth-order valence-electron chi connectivity index (χ4n) is 1.85. The number of carbonyl (C=O) groups excluding carboxylic acids is 1. The van der Waals surface area contributed by atoms with E-state index in [-0.39, 0.29) is 17.6 Å². The number of nitrogens with zero attached hydrogens (tertiary/aromatic N) is 2. The minimum Gasteiger partial charge on any atom is -0.490 e. The summed E-state index contributed by atoms with van der Waals surface area (Å²) in [5, 5.41) is 2.82. The van der Waals surface area contributed by atoms with Gasteiger partial charge in [0.1, 0.15) is 6.26 Å². The van der Waals surface area contributed by atoms with Gasteiger partial charge in [-0.2, -0.15) is 0 Å². The summed E-state index contributed by atoms with van der Waals surface area (Å²) < 4.78 is 11.8. The van der Waals surface area contributed by atoms with Gasteiger partial charge in [-0.05, 0) is 6.42 Å². The van der Waals surface area contributed by atoms with Crippen molar-refractivity contribution in [3.8, 4) is 5.75 Å². The van der Waals surface area contributed by atoms with Crippen molar-refractivity contribution in [1.82, 2.24) is 14.9 Å². The summed E-state index contributed by atoms with van der Waals surface area (Å²) in [5.41, 5.74) is -0.392. The molecule has 1 unspecified atom stereocenters. The number of hydrogen-bond acceptors (Lipinski definition) is 5. The van der Waals surface area contributed by atoms with Crippen LogP contribution in [0.25, 0.3) is 0 Å². The highest BCUT2D eigenvalue weighted by atomic mass is 16.5. The van der Waals surface area contributed by atoms with Gasteiger partial charge in [-0.15, -0.1) is 0 Å². The third kappa shape index (κ3) is 3.71. The first-order valence-corrected chi connectivity index (χ1v) is 6.57. The highest BCUT2D eigenvalue weighted by molar-refractivity contribution is 5.91. The van der Waals surface area contributed by atoms with Gasteiger partial charge in [-0.1, -0.05) is 6.92 Å². The Bertz CT molecular complexity index is 648. The number of imidazole rings is 1. The number of rotatable bonds is 6. The van der Waals surface area contributed by atoms with E-state index in [0.717, 1.165) is 18.8 Å². The van der Waals surface area contributed by atoms with E-state index in [1.54, 1.807) is 12.5 Å². The molecule has 0 fully saturated rings. The smallest absolute Gasteiger partial charge is 0.287 e. The Kier molecular flexibility index (Phi) is 4.76. The summed E-state index contributed by atoms with van der Waals surface area (Å²) in [6.45, 7) is 2.56. The van der Waals surface area contributed by atoms with E-state index in [4.69, 9.17) is 9.15 Å². The van der Waals surface area contributed by atoms with Crippen LogP contribution in [0.5, 0.6) is 5.75 Å². The number of aromatic nitrogens is 2. The second-order valence-electron chi connectivity index (χ2n) is 4.52. The Hall–Kier alpha value is -2.57. The Labute approximate surface area is 121 Å². The molecule has 0 aliphatic rings. The fraction of sp³-hybridized carbons (Fsp3) is 0.357. The summed E-state index contributed by atoms with van der Waals surface area (Å²) >= 11 is 0. The minimum absolute atomic E-state index is 0.0371. The molecule has 0 aliphatic heterocycles. The maximum absolute atomic E-state index is 12.1. The van der Waals surface area contributed by atoms with Crippen LogP contribution in [0.4, 0.5) is 0 Å². The predicted molar refractivity (Wildman–Crippen MR) is 75.3 cm³/mol. The van der Waals surface area contributed by atoms with Crippen molar-refractivity contribution in [2.75, 3.05) is 7.11 Å². The van der Waals surface area contributed by atoms with E-state index < -0.39 is 11.3 Å². The summed E-state index contributed by atoms with van der Waals surface area (Å²) in [7, 11) is 1.37. The first-order valence-electron chi connectivity index (χ1n) is 6.57. The van der Waals surface area contributed by atoms with Gasteiger partial charge in [-0.25, -0.2) is 4.98 Å². The monoisotopic (exact) mass is 291 g/mol.